The summed E-state index contributed by atoms with van der Waals surface area (Å²) in [5.41, 5.74) is 4.39. The van der Waals surface area contributed by atoms with Crippen LogP contribution in [0, 0.1) is 12.7 Å². The molecular formula is C18H15BrFN5OS. The first kappa shape index (κ1) is 18.0. The standard InChI is InChI=1S/C18H15BrFN5OS/c1-10-22-23-18-25(10)24-15(11-5-3-2-4-6-11)16(27-18)17(26)21-14-8-7-12(19)9-13(14)20/h2-9,15-16,24H,1H3,(H,21,26)/t15-,16+/m0/s1. The summed E-state index contributed by atoms with van der Waals surface area (Å²) < 4.78 is 16.5. The number of halogens is 2. The van der Waals surface area contributed by atoms with Crippen LogP contribution in [0.25, 0.3) is 0 Å². The van der Waals surface area contributed by atoms with Crippen LogP contribution < -0.4 is 10.7 Å². The molecule has 1 aromatic heterocycles. The Bertz CT molecular complexity index is 997. The summed E-state index contributed by atoms with van der Waals surface area (Å²) in [7, 11) is 0. The Balaban J connectivity index is 1.66. The van der Waals surface area contributed by atoms with Crippen molar-refractivity contribution in [1.29, 1.82) is 0 Å². The minimum atomic E-state index is -0.549. The average molecular weight is 448 g/mol. The Hall–Kier alpha value is -2.39. The minimum absolute atomic E-state index is 0.138. The van der Waals surface area contributed by atoms with Crippen molar-refractivity contribution in [1.82, 2.24) is 14.9 Å². The van der Waals surface area contributed by atoms with Gasteiger partial charge in [0.1, 0.15) is 16.9 Å². The zero-order valence-corrected chi connectivity index (χ0v) is 16.6. The topological polar surface area (TPSA) is 71.8 Å². The Morgan fingerprint density at radius 1 is 1.26 bits per heavy atom. The van der Waals surface area contributed by atoms with Crippen LogP contribution in [-0.4, -0.2) is 26.0 Å². The highest BCUT2D eigenvalue weighted by molar-refractivity contribution is 9.10. The first-order valence-corrected chi connectivity index (χ1v) is 9.86. The van der Waals surface area contributed by atoms with Gasteiger partial charge in [0.2, 0.25) is 11.1 Å². The minimum Gasteiger partial charge on any atom is -0.323 e. The van der Waals surface area contributed by atoms with Crippen molar-refractivity contribution in [3.63, 3.8) is 0 Å². The molecule has 0 bridgehead atoms. The molecule has 3 aromatic rings. The highest BCUT2D eigenvalue weighted by Gasteiger charge is 2.37. The molecular weight excluding hydrogens is 433 g/mol. The zero-order chi connectivity index (χ0) is 19.0. The van der Waals surface area contributed by atoms with E-state index in [1.165, 1.54) is 23.9 Å². The summed E-state index contributed by atoms with van der Waals surface area (Å²) in [5, 5.41) is 10.9. The lowest BCUT2D eigenvalue weighted by Crippen LogP contribution is -2.41. The Labute approximate surface area is 167 Å². The number of aryl methyl sites for hydroxylation is 1. The third-order valence-corrected chi connectivity index (χ3v) is 5.91. The maximum Gasteiger partial charge on any atom is 0.240 e. The SMILES string of the molecule is Cc1nnc2n1N[C@@H](c1ccccc1)[C@H](C(=O)Nc1ccc(Br)cc1F)S2. The molecule has 2 heterocycles. The number of benzene rings is 2. The molecule has 1 aliphatic heterocycles. The molecule has 1 aliphatic rings. The summed E-state index contributed by atoms with van der Waals surface area (Å²) in [4.78, 5) is 13.0. The fourth-order valence-electron chi connectivity index (χ4n) is 2.87. The second-order valence-electron chi connectivity index (χ2n) is 6.03. The monoisotopic (exact) mass is 447 g/mol. The fraction of sp³-hybridized carbons (Fsp3) is 0.167. The molecule has 0 aliphatic carbocycles. The van der Waals surface area contributed by atoms with E-state index in [2.05, 4.69) is 36.9 Å². The smallest absolute Gasteiger partial charge is 0.240 e. The van der Waals surface area contributed by atoms with Gasteiger partial charge in [0.25, 0.3) is 0 Å². The molecule has 2 N–H and O–H groups in total. The molecule has 0 unspecified atom stereocenters. The predicted molar refractivity (Wildman–Crippen MR) is 106 cm³/mol. The molecule has 1 amide bonds. The van der Waals surface area contributed by atoms with Crippen LogP contribution in [0.15, 0.2) is 58.2 Å². The van der Waals surface area contributed by atoms with Crippen molar-refractivity contribution in [3.05, 3.63) is 70.2 Å². The Morgan fingerprint density at radius 2 is 2.04 bits per heavy atom. The number of anilines is 1. The number of rotatable bonds is 3. The number of hydrogen-bond donors (Lipinski definition) is 2. The number of nitrogens with zero attached hydrogens (tertiary/aromatic N) is 3. The van der Waals surface area contributed by atoms with Crippen molar-refractivity contribution in [2.45, 2.75) is 23.4 Å². The van der Waals surface area contributed by atoms with Crippen LogP contribution in [0.1, 0.15) is 17.4 Å². The van der Waals surface area contributed by atoms with Crippen LogP contribution in [0.2, 0.25) is 0 Å². The van der Waals surface area contributed by atoms with Gasteiger partial charge in [0.05, 0.1) is 11.7 Å². The van der Waals surface area contributed by atoms with Crippen LogP contribution in [0.4, 0.5) is 10.1 Å². The third kappa shape index (κ3) is 3.57. The van der Waals surface area contributed by atoms with E-state index in [1.807, 2.05) is 37.3 Å². The number of fused-ring (bicyclic) bond motifs is 1. The lowest BCUT2D eigenvalue weighted by Gasteiger charge is -2.32. The van der Waals surface area contributed by atoms with Crippen molar-refractivity contribution < 1.29 is 9.18 Å². The Morgan fingerprint density at radius 3 is 2.78 bits per heavy atom. The summed E-state index contributed by atoms with van der Waals surface area (Å²) >= 11 is 4.52. The third-order valence-electron chi connectivity index (χ3n) is 4.20. The van der Waals surface area contributed by atoms with Crippen LogP contribution in [-0.2, 0) is 4.79 Å². The van der Waals surface area contributed by atoms with Crippen molar-refractivity contribution in [2.24, 2.45) is 0 Å². The maximum absolute atomic E-state index is 14.1. The van der Waals surface area contributed by atoms with E-state index in [4.69, 9.17) is 0 Å². The molecule has 6 nitrogen and oxygen atoms in total. The summed E-state index contributed by atoms with van der Waals surface area (Å²) in [6.07, 6.45) is 0. The zero-order valence-electron chi connectivity index (χ0n) is 14.2. The highest BCUT2D eigenvalue weighted by Crippen LogP contribution is 2.37. The van der Waals surface area contributed by atoms with Gasteiger partial charge in [-0.05, 0) is 30.7 Å². The lowest BCUT2D eigenvalue weighted by molar-refractivity contribution is -0.116. The molecule has 138 valence electrons. The normalized spacial score (nSPS) is 18.5. The van der Waals surface area contributed by atoms with Gasteiger partial charge >= 0.3 is 0 Å². The van der Waals surface area contributed by atoms with E-state index < -0.39 is 11.1 Å². The fourth-order valence-corrected chi connectivity index (χ4v) is 4.32. The molecule has 2 aromatic carbocycles. The van der Waals surface area contributed by atoms with Crippen molar-refractivity contribution >= 4 is 39.3 Å². The van der Waals surface area contributed by atoms with E-state index in [1.54, 1.807) is 10.7 Å². The Kier molecular flexibility index (Phi) is 4.88. The number of carbonyl (C=O) groups is 1. The summed E-state index contributed by atoms with van der Waals surface area (Å²) in [5.74, 6) is -0.104. The molecule has 0 saturated carbocycles. The summed E-state index contributed by atoms with van der Waals surface area (Å²) in [6.45, 7) is 1.84. The number of nitrogens with one attached hydrogen (secondary N) is 2. The van der Waals surface area contributed by atoms with Gasteiger partial charge in [0.15, 0.2) is 0 Å². The van der Waals surface area contributed by atoms with Gasteiger partial charge in [0, 0.05) is 4.47 Å². The first-order chi connectivity index (χ1) is 13.0. The molecule has 0 saturated heterocycles. The van der Waals surface area contributed by atoms with Crippen molar-refractivity contribution in [3.8, 4) is 0 Å². The second kappa shape index (κ2) is 7.32. The lowest BCUT2D eigenvalue weighted by atomic mass is 10.0. The quantitative estimate of drug-likeness (QED) is 0.637. The maximum atomic E-state index is 14.1. The predicted octanol–water partition coefficient (Wildman–Crippen LogP) is 3.89. The first-order valence-electron chi connectivity index (χ1n) is 8.19. The number of amides is 1. The van der Waals surface area contributed by atoms with Gasteiger partial charge in [-0.2, -0.15) is 0 Å². The number of carbonyl (C=O) groups excluding carboxylic acids is 1. The van der Waals surface area contributed by atoms with E-state index in [0.29, 0.717) is 15.5 Å². The molecule has 9 heteroatoms. The number of hydrogen-bond acceptors (Lipinski definition) is 5. The van der Waals surface area contributed by atoms with Gasteiger partial charge in [-0.1, -0.05) is 58.0 Å². The number of thioether (sulfide) groups is 1. The number of aromatic nitrogens is 3. The van der Waals surface area contributed by atoms with Crippen LogP contribution in [0.3, 0.4) is 0 Å². The molecule has 4 rings (SSSR count). The van der Waals surface area contributed by atoms with E-state index in [-0.39, 0.29) is 17.6 Å². The molecule has 2 atom stereocenters. The summed E-state index contributed by atoms with van der Waals surface area (Å²) in [6, 6.07) is 13.9. The largest absolute Gasteiger partial charge is 0.323 e. The highest BCUT2D eigenvalue weighted by atomic mass is 79.9. The van der Waals surface area contributed by atoms with Gasteiger partial charge in [-0.3, -0.25) is 4.79 Å². The molecule has 0 radical (unpaired) electrons. The van der Waals surface area contributed by atoms with Crippen LogP contribution in [0.5, 0.6) is 0 Å². The van der Waals surface area contributed by atoms with Gasteiger partial charge in [-0.15, -0.1) is 10.2 Å². The van der Waals surface area contributed by atoms with Gasteiger partial charge < -0.3 is 10.7 Å². The van der Waals surface area contributed by atoms with Crippen LogP contribution >= 0.6 is 27.7 Å². The van der Waals surface area contributed by atoms with Gasteiger partial charge in [-0.25, -0.2) is 9.07 Å². The molecule has 27 heavy (non-hydrogen) atoms. The van der Waals surface area contributed by atoms with Crippen molar-refractivity contribution in [2.75, 3.05) is 10.7 Å². The molecule has 0 spiro atoms. The van der Waals surface area contributed by atoms with E-state index in [9.17, 15) is 9.18 Å². The molecule has 0 fully saturated rings. The van der Waals surface area contributed by atoms with E-state index >= 15 is 0 Å². The second-order valence-corrected chi connectivity index (χ2v) is 8.06. The average Bonchev–Trinajstić information content (AvgIpc) is 3.04. The van der Waals surface area contributed by atoms with E-state index in [0.717, 1.165) is 5.56 Å².